The van der Waals surface area contributed by atoms with Crippen molar-refractivity contribution in [3.05, 3.63) is 59.2 Å². The van der Waals surface area contributed by atoms with Gasteiger partial charge in [-0.25, -0.2) is 4.79 Å². The summed E-state index contributed by atoms with van der Waals surface area (Å²) >= 11 is 0. The molecule has 2 N–H and O–H groups in total. The van der Waals surface area contributed by atoms with E-state index < -0.39 is 6.09 Å². The van der Waals surface area contributed by atoms with Crippen molar-refractivity contribution in [2.24, 2.45) is 0 Å². The van der Waals surface area contributed by atoms with E-state index in [1.54, 1.807) is 0 Å². The van der Waals surface area contributed by atoms with Gasteiger partial charge < -0.3 is 19.9 Å². The zero-order chi connectivity index (χ0) is 19.5. The Balaban J connectivity index is 1.37. The van der Waals surface area contributed by atoms with Crippen LogP contribution in [0.5, 0.6) is 11.5 Å². The van der Waals surface area contributed by atoms with Gasteiger partial charge in [-0.2, -0.15) is 0 Å². The van der Waals surface area contributed by atoms with Crippen LogP contribution < -0.4 is 14.8 Å². The fourth-order valence-electron chi connectivity index (χ4n) is 4.30. The van der Waals surface area contributed by atoms with E-state index in [4.69, 9.17) is 14.6 Å². The third-order valence-corrected chi connectivity index (χ3v) is 5.82. The van der Waals surface area contributed by atoms with Crippen LogP contribution in [0.4, 0.5) is 4.79 Å². The molecule has 1 saturated carbocycles. The number of fused-ring (bicyclic) bond motifs is 1. The first-order valence-corrected chi connectivity index (χ1v) is 10.1. The zero-order valence-electron chi connectivity index (χ0n) is 16.2. The predicted octanol–water partition coefficient (Wildman–Crippen LogP) is 5.02. The minimum absolute atomic E-state index is 0.0488. The van der Waals surface area contributed by atoms with Gasteiger partial charge in [-0.3, -0.25) is 0 Å². The maximum atomic E-state index is 10.8. The molecule has 5 nitrogen and oxygen atoms in total. The smallest absolute Gasteiger partial charge is 0.404 e. The molecule has 0 bridgehead atoms. The largest absolute Gasteiger partial charge is 0.490 e. The Bertz CT molecular complexity index is 842. The Kier molecular flexibility index (Phi) is 5.42. The molecule has 1 unspecified atom stereocenters. The quantitative estimate of drug-likeness (QED) is 0.780. The molecule has 148 valence electrons. The van der Waals surface area contributed by atoms with Crippen LogP contribution in [-0.2, 0) is 6.42 Å². The molecule has 28 heavy (non-hydrogen) atoms. The number of hydrogen-bond acceptors (Lipinski definition) is 3. The molecule has 1 atom stereocenters. The van der Waals surface area contributed by atoms with E-state index in [2.05, 4.69) is 42.6 Å². The van der Waals surface area contributed by atoms with Crippen molar-refractivity contribution >= 4 is 6.09 Å². The van der Waals surface area contributed by atoms with Gasteiger partial charge in [0.25, 0.3) is 0 Å². The summed E-state index contributed by atoms with van der Waals surface area (Å²) in [6.07, 6.45) is 4.64. The number of carboxylic acid groups (broad SMARTS) is 1. The van der Waals surface area contributed by atoms with Gasteiger partial charge in [0.15, 0.2) is 0 Å². The van der Waals surface area contributed by atoms with E-state index in [0.717, 1.165) is 50.0 Å². The van der Waals surface area contributed by atoms with Crippen LogP contribution in [0.15, 0.2) is 42.5 Å². The first kappa shape index (κ1) is 18.7. The number of benzene rings is 2. The molecule has 0 spiro atoms. The number of amides is 1. The van der Waals surface area contributed by atoms with Crippen LogP contribution in [0, 0.1) is 6.92 Å². The summed E-state index contributed by atoms with van der Waals surface area (Å²) in [5.74, 6) is 1.83. The predicted molar refractivity (Wildman–Crippen MR) is 107 cm³/mol. The standard InChI is InChI=1S/C23H27NO4/c1-15-4-2-3-5-20(15)22-12-6-16-14-19(11-13-21(16)28-22)27-18-9-7-17(8-10-18)24-23(25)26/h2-5,11,13-14,17-18,22,24H,6-10,12H2,1H3,(H,25,26). The molecule has 1 aliphatic heterocycles. The number of rotatable bonds is 4. The molecule has 4 rings (SSSR count). The summed E-state index contributed by atoms with van der Waals surface area (Å²) in [6, 6.07) is 14.6. The van der Waals surface area contributed by atoms with Crippen molar-refractivity contribution in [1.29, 1.82) is 0 Å². The van der Waals surface area contributed by atoms with Gasteiger partial charge in [0, 0.05) is 6.04 Å². The maximum Gasteiger partial charge on any atom is 0.404 e. The third-order valence-electron chi connectivity index (χ3n) is 5.82. The molecular weight excluding hydrogens is 354 g/mol. The maximum absolute atomic E-state index is 10.8. The number of ether oxygens (including phenoxy) is 2. The van der Waals surface area contributed by atoms with Crippen LogP contribution in [0.25, 0.3) is 0 Å². The molecular formula is C23H27NO4. The Morgan fingerprint density at radius 3 is 2.64 bits per heavy atom. The van der Waals surface area contributed by atoms with Crippen molar-refractivity contribution in [1.82, 2.24) is 5.32 Å². The molecule has 1 amide bonds. The lowest BCUT2D eigenvalue weighted by Crippen LogP contribution is -2.38. The van der Waals surface area contributed by atoms with Crippen molar-refractivity contribution in [2.45, 2.75) is 63.7 Å². The molecule has 1 aliphatic carbocycles. The van der Waals surface area contributed by atoms with E-state index in [9.17, 15) is 4.79 Å². The molecule has 1 heterocycles. The highest BCUT2D eigenvalue weighted by Gasteiger charge is 2.25. The summed E-state index contributed by atoms with van der Waals surface area (Å²) in [5.41, 5.74) is 3.73. The van der Waals surface area contributed by atoms with Crippen LogP contribution in [0.1, 0.15) is 54.9 Å². The molecule has 2 aromatic carbocycles. The second kappa shape index (κ2) is 8.13. The lowest BCUT2D eigenvalue weighted by molar-refractivity contribution is 0.133. The first-order valence-electron chi connectivity index (χ1n) is 10.1. The summed E-state index contributed by atoms with van der Waals surface area (Å²) in [5, 5.41) is 11.4. The Morgan fingerprint density at radius 2 is 1.89 bits per heavy atom. The summed E-state index contributed by atoms with van der Waals surface area (Å²) in [4.78, 5) is 10.8. The van der Waals surface area contributed by atoms with E-state index in [1.165, 1.54) is 16.7 Å². The molecule has 2 aromatic rings. The summed E-state index contributed by atoms with van der Waals surface area (Å²) in [6.45, 7) is 2.13. The van der Waals surface area contributed by atoms with Crippen LogP contribution >= 0.6 is 0 Å². The van der Waals surface area contributed by atoms with Crippen molar-refractivity contribution in [3.63, 3.8) is 0 Å². The minimum Gasteiger partial charge on any atom is -0.490 e. The van der Waals surface area contributed by atoms with Crippen LogP contribution in [0.3, 0.4) is 0 Å². The second-order valence-corrected chi connectivity index (χ2v) is 7.81. The average Bonchev–Trinajstić information content (AvgIpc) is 2.69. The average molecular weight is 381 g/mol. The fourth-order valence-corrected chi connectivity index (χ4v) is 4.30. The van der Waals surface area contributed by atoms with Gasteiger partial charge in [0.1, 0.15) is 17.6 Å². The number of aryl methyl sites for hydroxylation is 2. The Hall–Kier alpha value is -2.69. The van der Waals surface area contributed by atoms with Crippen molar-refractivity contribution in [2.75, 3.05) is 0 Å². The van der Waals surface area contributed by atoms with Gasteiger partial charge in [0.05, 0.1) is 6.10 Å². The normalized spacial score (nSPS) is 24.0. The molecule has 0 aromatic heterocycles. The zero-order valence-corrected chi connectivity index (χ0v) is 16.2. The Labute approximate surface area is 165 Å². The lowest BCUT2D eigenvalue weighted by Gasteiger charge is -2.30. The topological polar surface area (TPSA) is 67.8 Å². The monoisotopic (exact) mass is 381 g/mol. The number of carbonyl (C=O) groups is 1. The number of hydrogen-bond donors (Lipinski definition) is 2. The highest BCUT2D eigenvalue weighted by atomic mass is 16.5. The molecule has 5 heteroatoms. The van der Waals surface area contributed by atoms with Crippen molar-refractivity contribution < 1.29 is 19.4 Å². The molecule has 2 aliphatic rings. The van der Waals surface area contributed by atoms with Crippen LogP contribution in [0.2, 0.25) is 0 Å². The van der Waals surface area contributed by atoms with E-state index in [-0.39, 0.29) is 18.2 Å². The van der Waals surface area contributed by atoms with Gasteiger partial charge in [-0.1, -0.05) is 24.3 Å². The lowest BCUT2D eigenvalue weighted by atomic mass is 9.93. The van der Waals surface area contributed by atoms with Gasteiger partial charge in [-0.05, 0) is 80.3 Å². The third kappa shape index (κ3) is 4.24. The van der Waals surface area contributed by atoms with Gasteiger partial charge >= 0.3 is 6.09 Å². The SMILES string of the molecule is Cc1ccccc1C1CCc2cc(OC3CCC(NC(=O)O)CC3)ccc2O1. The van der Waals surface area contributed by atoms with Crippen molar-refractivity contribution in [3.8, 4) is 11.5 Å². The minimum atomic E-state index is -0.942. The second-order valence-electron chi connectivity index (χ2n) is 7.81. The van der Waals surface area contributed by atoms with E-state index in [1.807, 2.05) is 12.1 Å². The molecule has 1 fully saturated rings. The molecule has 0 radical (unpaired) electrons. The van der Waals surface area contributed by atoms with E-state index >= 15 is 0 Å². The molecule has 0 saturated heterocycles. The first-order chi connectivity index (χ1) is 13.6. The van der Waals surface area contributed by atoms with Gasteiger partial charge in [-0.15, -0.1) is 0 Å². The van der Waals surface area contributed by atoms with E-state index in [0.29, 0.717) is 0 Å². The highest BCUT2D eigenvalue weighted by Crippen LogP contribution is 2.38. The fraction of sp³-hybridized carbons (Fsp3) is 0.435. The summed E-state index contributed by atoms with van der Waals surface area (Å²) in [7, 11) is 0. The summed E-state index contributed by atoms with van der Waals surface area (Å²) < 4.78 is 12.4. The Morgan fingerprint density at radius 1 is 1.11 bits per heavy atom. The van der Waals surface area contributed by atoms with Gasteiger partial charge in [0.2, 0.25) is 0 Å². The highest BCUT2D eigenvalue weighted by molar-refractivity contribution is 5.64. The van der Waals surface area contributed by atoms with Crippen LogP contribution in [-0.4, -0.2) is 23.3 Å². The number of nitrogens with one attached hydrogen (secondary N) is 1.